The zero-order valence-corrected chi connectivity index (χ0v) is 31.0. The molecule has 1 saturated heterocycles. The lowest BCUT2D eigenvalue weighted by Gasteiger charge is -2.43. The second-order valence-electron chi connectivity index (χ2n) is 13.9. The number of nitrogens with zero attached hydrogens (tertiary/aromatic N) is 1. The molecule has 0 aromatic heterocycles. The molecule has 1 aliphatic rings. The van der Waals surface area contributed by atoms with Crippen LogP contribution < -0.4 is 5.32 Å². The van der Waals surface area contributed by atoms with E-state index < -0.39 is 18.4 Å². The summed E-state index contributed by atoms with van der Waals surface area (Å²) in [4.78, 5) is 26.2. The van der Waals surface area contributed by atoms with Crippen LogP contribution in [-0.4, -0.2) is 53.7 Å². The largest absolute Gasteiger partial charge is 0.453 e. The second-order valence-corrected chi connectivity index (χ2v) is 13.9. The average molecular weight is 681 g/mol. The molecule has 0 unspecified atom stereocenters. The first kappa shape index (κ1) is 40.6. The highest BCUT2D eigenvalue weighted by molar-refractivity contribution is 5.82. The number of hydrogen-bond donors (Lipinski definition) is 2. The number of nitrogens with one attached hydrogen (secondary N) is 1. The molecule has 49 heavy (non-hydrogen) atoms. The normalized spacial score (nSPS) is 19.9. The van der Waals surface area contributed by atoms with Crippen LogP contribution in [0.25, 0.3) is 0 Å². The number of benzene rings is 2. The highest BCUT2D eigenvalue weighted by atomic mass is 16.7. The van der Waals surface area contributed by atoms with Gasteiger partial charge in [0.25, 0.3) is 5.91 Å². The van der Waals surface area contributed by atoms with E-state index in [1.807, 2.05) is 36.4 Å². The molecule has 1 amide bonds. The Hall–Kier alpha value is -2.78. The molecule has 8 nitrogen and oxygen atoms in total. The van der Waals surface area contributed by atoms with E-state index in [4.69, 9.17) is 14.2 Å². The third-order valence-corrected chi connectivity index (χ3v) is 9.65. The first-order chi connectivity index (χ1) is 23.7. The summed E-state index contributed by atoms with van der Waals surface area (Å²) in [7, 11) is 0. The van der Waals surface area contributed by atoms with Crippen LogP contribution in [0.5, 0.6) is 0 Å². The van der Waals surface area contributed by atoms with Crippen molar-refractivity contribution in [2.24, 2.45) is 5.92 Å². The molecule has 1 heterocycles. The molecule has 274 valence electrons. The van der Waals surface area contributed by atoms with E-state index in [0.717, 1.165) is 41.9 Å². The molecule has 0 saturated carbocycles. The summed E-state index contributed by atoms with van der Waals surface area (Å²) in [6, 6.07) is 16.0. The van der Waals surface area contributed by atoms with Gasteiger partial charge in [-0.25, -0.2) is 0 Å². The first-order valence-electron chi connectivity index (χ1n) is 19.0. The number of rotatable bonds is 23. The second kappa shape index (κ2) is 22.8. The van der Waals surface area contributed by atoms with E-state index in [0.29, 0.717) is 6.54 Å². The summed E-state index contributed by atoms with van der Waals surface area (Å²) in [5, 5.41) is 12.5. The van der Waals surface area contributed by atoms with E-state index in [-0.39, 0.29) is 30.6 Å². The molecule has 0 aliphatic carbocycles. The van der Waals surface area contributed by atoms with Crippen molar-refractivity contribution in [2.45, 2.75) is 149 Å². The van der Waals surface area contributed by atoms with Gasteiger partial charge in [0.15, 0.2) is 12.4 Å². The van der Waals surface area contributed by atoms with Crippen LogP contribution >= 0.6 is 0 Å². The standard InChI is InChI=1S/C41H64N2O6/c1-6-8-10-12-14-16-26-43(27-17-15-13-11-9-7-2)29-38-31(3)39(36-22-20-35(30-44)21-23-36)49-41(48-38)37-24-18-34(19-25-37)28-42-40(46)32(4)47-33(5)45/h18-25,31-32,38-39,41,44H,6-17,26-30H2,1-5H3,(H,42,46)/t31-,32+,38+,39+,41+/m1/s1. The van der Waals surface area contributed by atoms with E-state index in [2.05, 4.69) is 43.1 Å². The van der Waals surface area contributed by atoms with Crippen molar-refractivity contribution in [3.05, 3.63) is 70.8 Å². The number of carbonyl (C=O) groups excluding carboxylic acids is 2. The average Bonchev–Trinajstić information content (AvgIpc) is 3.10. The summed E-state index contributed by atoms with van der Waals surface area (Å²) in [6.45, 7) is 13.0. The topological polar surface area (TPSA) is 97.3 Å². The molecular weight excluding hydrogens is 616 g/mol. The van der Waals surface area contributed by atoms with Crippen molar-refractivity contribution < 1.29 is 28.9 Å². The summed E-state index contributed by atoms with van der Waals surface area (Å²) >= 11 is 0. The van der Waals surface area contributed by atoms with Crippen molar-refractivity contribution in [1.29, 1.82) is 0 Å². The van der Waals surface area contributed by atoms with E-state index in [9.17, 15) is 14.7 Å². The third-order valence-electron chi connectivity index (χ3n) is 9.65. The molecule has 2 N–H and O–H groups in total. The van der Waals surface area contributed by atoms with Crippen molar-refractivity contribution in [2.75, 3.05) is 19.6 Å². The van der Waals surface area contributed by atoms with Crippen LogP contribution in [0.3, 0.4) is 0 Å². The van der Waals surface area contributed by atoms with Crippen LogP contribution in [-0.2, 0) is 37.0 Å². The van der Waals surface area contributed by atoms with Crippen LogP contribution in [0.15, 0.2) is 48.5 Å². The van der Waals surface area contributed by atoms with E-state index in [1.165, 1.54) is 84.0 Å². The van der Waals surface area contributed by atoms with Crippen molar-refractivity contribution in [1.82, 2.24) is 10.2 Å². The Bertz CT molecular complexity index is 1190. The Balaban J connectivity index is 1.74. The van der Waals surface area contributed by atoms with Gasteiger partial charge in [0, 0.05) is 31.5 Å². The van der Waals surface area contributed by atoms with Gasteiger partial charge in [0.1, 0.15) is 0 Å². The highest BCUT2D eigenvalue weighted by Gasteiger charge is 2.39. The number of unbranched alkanes of at least 4 members (excludes halogenated alkanes) is 10. The predicted molar refractivity (Wildman–Crippen MR) is 196 cm³/mol. The fourth-order valence-corrected chi connectivity index (χ4v) is 6.54. The van der Waals surface area contributed by atoms with Crippen LogP contribution in [0.1, 0.15) is 146 Å². The molecule has 5 atom stereocenters. The van der Waals surface area contributed by atoms with Crippen molar-refractivity contribution >= 4 is 11.9 Å². The van der Waals surface area contributed by atoms with Crippen LogP contribution in [0, 0.1) is 5.92 Å². The van der Waals surface area contributed by atoms with Gasteiger partial charge in [-0.15, -0.1) is 0 Å². The first-order valence-corrected chi connectivity index (χ1v) is 19.0. The predicted octanol–water partition coefficient (Wildman–Crippen LogP) is 8.56. The fraction of sp³-hybridized carbons (Fsp3) is 0.659. The van der Waals surface area contributed by atoms with Gasteiger partial charge in [-0.2, -0.15) is 0 Å². The van der Waals surface area contributed by atoms with Gasteiger partial charge >= 0.3 is 5.97 Å². The number of aliphatic hydroxyl groups is 1. The number of hydrogen-bond acceptors (Lipinski definition) is 7. The monoisotopic (exact) mass is 680 g/mol. The minimum atomic E-state index is -0.843. The van der Waals surface area contributed by atoms with E-state index in [1.54, 1.807) is 6.92 Å². The zero-order chi connectivity index (χ0) is 35.4. The number of ether oxygens (including phenoxy) is 3. The Morgan fingerprint density at radius 1 is 0.796 bits per heavy atom. The smallest absolute Gasteiger partial charge is 0.303 e. The number of amides is 1. The van der Waals surface area contributed by atoms with Gasteiger partial charge in [-0.05, 0) is 49.5 Å². The lowest BCUT2D eigenvalue weighted by Crippen LogP contribution is -2.45. The maximum atomic E-state index is 12.3. The molecule has 8 heteroatoms. The zero-order valence-electron chi connectivity index (χ0n) is 31.0. The van der Waals surface area contributed by atoms with Gasteiger partial charge in [-0.1, -0.05) is 134 Å². The maximum absolute atomic E-state index is 12.3. The van der Waals surface area contributed by atoms with Crippen molar-refractivity contribution in [3.63, 3.8) is 0 Å². The third kappa shape index (κ3) is 14.5. The summed E-state index contributed by atoms with van der Waals surface area (Å²) in [5.74, 6) is -0.694. The summed E-state index contributed by atoms with van der Waals surface area (Å²) in [5.41, 5.74) is 3.82. The summed E-state index contributed by atoms with van der Waals surface area (Å²) in [6.07, 6.45) is 13.8. The Labute approximate surface area is 296 Å². The molecular formula is C41H64N2O6. The molecule has 0 spiro atoms. The van der Waals surface area contributed by atoms with Gasteiger partial charge in [0.05, 0.1) is 18.8 Å². The molecule has 1 fully saturated rings. The van der Waals surface area contributed by atoms with E-state index >= 15 is 0 Å². The quantitative estimate of drug-likeness (QED) is 0.0897. The number of esters is 1. The van der Waals surface area contributed by atoms with Crippen LogP contribution in [0.4, 0.5) is 0 Å². The van der Waals surface area contributed by atoms with Gasteiger partial charge in [-0.3, -0.25) is 9.59 Å². The Morgan fingerprint density at radius 3 is 1.88 bits per heavy atom. The highest BCUT2D eigenvalue weighted by Crippen LogP contribution is 2.42. The molecule has 0 bridgehead atoms. The van der Waals surface area contributed by atoms with Gasteiger partial charge in [0.2, 0.25) is 0 Å². The molecule has 3 rings (SSSR count). The fourth-order valence-electron chi connectivity index (χ4n) is 6.54. The molecule has 2 aromatic rings. The SMILES string of the molecule is CCCCCCCCN(CCCCCCCC)C[C@@H]1O[C@H](c2ccc(CNC(=O)[C@H](C)OC(C)=O)cc2)O[C@H](c2ccc(CO)cc2)[C@@H]1C. The summed E-state index contributed by atoms with van der Waals surface area (Å²) < 4.78 is 18.5. The minimum Gasteiger partial charge on any atom is -0.453 e. The van der Waals surface area contributed by atoms with Gasteiger partial charge < -0.3 is 29.5 Å². The molecule has 0 radical (unpaired) electrons. The molecule has 1 aliphatic heterocycles. The minimum absolute atomic E-state index is 0.0109. The Kier molecular flexibility index (Phi) is 18.9. The van der Waals surface area contributed by atoms with Crippen molar-refractivity contribution in [3.8, 4) is 0 Å². The number of carbonyl (C=O) groups is 2. The lowest BCUT2D eigenvalue weighted by atomic mass is 9.90. The Morgan fingerprint density at radius 2 is 1.33 bits per heavy atom. The molecule has 2 aromatic carbocycles. The van der Waals surface area contributed by atoms with Crippen LogP contribution in [0.2, 0.25) is 0 Å². The maximum Gasteiger partial charge on any atom is 0.303 e. The number of aliphatic hydroxyl groups excluding tert-OH is 1. The lowest BCUT2D eigenvalue weighted by molar-refractivity contribution is -0.276.